The van der Waals surface area contributed by atoms with Crippen LogP contribution < -0.4 is 10.9 Å². The molecule has 0 amide bonds. The van der Waals surface area contributed by atoms with Gasteiger partial charge >= 0.3 is 0 Å². The number of nitrogens with one attached hydrogen (secondary N) is 1. The third kappa shape index (κ3) is 5.65. The van der Waals surface area contributed by atoms with Gasteiger partial charge in [0.1, 0.15) is 5.02 Å². The van der Waals surface area contributed by atoms with E-state index in [4.69, 9.17) is 11.6 Å². The van der Waals surface area contributed by atoms with Crippen molar-refractivity contribution in [3.63, 3.8) is 0 Å². The van der Waals surface area contributed by atoms with Gasteiger partial charge in [0.25, 0.3) is 5.56 Å². The Morgan fingerprint density at radius 2 is 1.95 bits per heavy atom. The summed E-state index contributed by atoms with van der Waals surface area (Å²) in [4.78, 5) is 16.4. The lowest BCUT2D eigenvalue weighted by Crippen LogP contribution is -2.31. The molecule has 7 heteroatoms. The van der Waals surface area contributed by atoms with Gasteiger partial charge < -0.3 is 15.1 Å². The molecule has 0 bridgehead atoms. The fraction of sp³-hybridized carbons (Fsp3) is 0.714. The molecule has 1 heterocycles. The predicted octanol–water partition coefficient (Wildman–Crippen LogP) is 1.21. The lowest BCUT2D eigenvalue weighted by atomic mass is 10.4. The van der Waals surface area contributed by atoms with E-state index in [9.17, 15) is 4.79 Å². The van der Waals surface area contributed by atoms with Gasteiger partial charge in [-0.3, -0.25) is 4.79 Å². The minimum Gasteiger partial charge on any atom is -0.381 e. The molecule has 120 valence electrons. The largest absolute Gasteiger partial charge is 0.381 e. The van der Waals surface area contributed by atoms with Crippen LogP contribution in [0.15, 0.2) is 11.0 Å². The number of likely N-dealkylation sites (N-methyl/N-ethyl adjacent to an activating group) is 2. The molecule has 0 spiro atoms. The van der Waals surface area contributed by atoms with Gasteiger partial charge in [0.05, 0.1) is 18.4 Å². The SMILES string of the molecule is CCN(CC)CCNc1cnn(CCN(C)C)c(=O)c1Cl. The average Bonchev–Trinajstić information content (AvgIpc) is 2.46. The van der Waals surface area contributed by atoms with Crippen LogP contribution in [0.3, 0.4) is 0 Å². The zero-order valence-electron chi connectivity index (χ0n) is 13.4. The van der Waals surface area contributed by atoms with Crippen LogP contribution in [0.1, 0.15) is 13.8 Å². The molecule has 0 saturated heterocycles. The summed E-state index contributed by atoms with van der Waals surface area (Å²) in [6.45, 7) is 9.21. The van der Waals surface area contributed by atoms with Gasteiger partial charge in [-0.05, 0) is 27.2 Å². The molecule has 0 aliphatic carbocycles. The number of nitrogens with zero attached hydrogens (tertiary/aromatic N) is 4. The van der Waals surface area contributed by atoms with E-state index in [1.165, 1.54) is 4.68 Å². The van der Waals surface area contributed by atoms with E-state index in [1.807, 2.05) is 19.0 Å². The van der Waals surface area contributed by atoms with Gasteiger partial charge in [0.15, 0.2) is 0 Å². The number of aromatic nitrogens is 2. The molecule has 0 unspecified atom stereocenters. The minimum absolute atomic E-state index is 0.211. The Morgan fingerprint density at radius 3 is 2.52 bits per heavy atom. The molecule has 0 saturated carbocycles. The molecule has 1 N–H and O–H groups in total. The summed E-state index contributed by atoms with van der Waals surface area (Å²) < 4.78 is 1.40. The van der Waals surface area contributed by atoms with Gasteiger partial charge in [0.2, 0.25) is 0 Å². The maximum atomic E-state index is 12.1. The highest BCUT2D eigenvalue weighted by Gasteiger charge is 2.09. The summed E-state index contributed by atoms with van der Waals surface area (Å²) in [5, 5.41) is 7.56. The summed E-state index contributed by atoms with van der Waals surface area (Å²) in [6, 6.07) is 0. The molecule has 0 aliphatic heterocycles. The van der Waals surface area contributed by atoms with Crippen molar-refractivity contribution in [2.45, 2.75) is 20.4 Å². The van der Waals surface area contributed by atoms with Crippen LogP contribution in [0.4, 0.5) is 5.69 Å². The van der Waals surface area contributed by atoms with Gasteiger partial charge in [-0.25, -0.2) is 4.68 Å². The number of halogens is 1. The highest BCUT2D eigenvalue weighted by Crippen LogP contribution is 2.14. The smallest absolute Gasteiger partial charge is 0.287 e. The normalized spacial score (nSPS) is 11.4. The first-order valence-corrected chi connectivity index (χ1v) is 7.73. The maximum absolute atomic E-state index is 12.1. The van der Waals surface area contributed by atoms with Crippen LogP contribution in [0.5, 0.6) is 0 Å². The molecule has 0 aromatic carbocycles. The third-order valence-electron chi connectivity index (χ3n) is 3.38. The van der Waals surface area contributed by atoms with Gasteiger partial charge in [0, 0.05) is 19.6 Å². The first-order valence-electron chi connectivity index (χ1n) is 7.36. The van der Waals surface area contributed by atoms with Crippen molar-refractivity contribution < 1.29 is 0 Å². The van der Waals surface area contributed by atoms with Crippen LogP contribution >= 0.6 is 11.6 Å². The molecule has 0 aliphatic rings. The highest BCUT2D eigenvalue weighted by atomic mass is 35.5. The van der Waals surface area contributed by atoms with E-state index < -0.39 is 0 Å². The van der Waals surface area contributed by atoms with Crippen molar-refractivity contribution in [1.29, 1.82) is 0 Å². The molecular weight excluding hydrogens is 290 g/mol. The van der Waals surface area contributed by atoms with E-state index in [1.54, 1.807) is 6.20 Å². The number of hydrogen-bond donors (Lipinski definition) is 1. The number of anilines is 1. The Balaban J connectivity index is 2.65. The second kappa shape index (κ2) is 9.02. The third-order valence-corrected chi connectivity index (χ3v) is 3.75. The van der Waals surface area contributed by atoms with Crippen molar-refractivity contribution in [3.05, 3.63) is 21.6 Å². The molecule has 0 fully saturated rings. The van der Waals surface area contributed by atoms with Crippen LogP contribution in [0.25, 0.3) is 0 Å². The zero-order chi connectivity index (χ0) is 15.8. The minimum atomic E-state index is -0.244. The molecule has 0 radical (unpaired) electrons. The monoisotopic (exact) mass is 315 g/mol. The highest BCUT2D eigenvalue weighted by molar-refractivity contribution is 6.32. The summed E-state index contributed by atoms with van der Waals surface area (Å²) >= 11 is 6.13. The Kier molecular flexibility index (Phi) is 7.71. The molecule has 1 rings (SSSR count). The molecular formula is C14H26ClN5O. The summed E-state index contributed by atoms with van der Waals surface area (Å²) in [5.74, 6) is 0. The van der Waals surface area contributed by atoms with Crippen molar-refractivity contribution >= 4 is 17.3 Å². The van der Waals surface area contributed by atoms with E-state index in [0.29, 0.717) is 12.2 Å². The van der Waals surface area contributed by atoms with Crippen LogP contribution in [-0.2, 0) is 6.54 Å². The second-order valence-corrected chi connectivity index (χ2v) is 5.54. The Labute approximate surface area is 131 Å². The summed E-state index contributed by atoms with van der Waals surface area (Å²) in [5.41, 5.74) is 0.362. The Hall–Kier alpha value is -1.11. The molecule has 1 aromatic heterocycles. The molecule has 0 atom stereocenters. The van der Waals surface area contributed by atoms with Crippen molar-refractivity contribution in [2.75, 3.05) is 52.1 Å². The van der Waals surface area contributed by atoms with Crippen LogP contribution in [0.2, 0.25) is 5.02 Å². The zero-order valence-corrected chi connectivity index (χ0v) is 14.2. The molecule has 1 aromatic rings. The van der Waals surface area contributed by atoms with Gasteiger partial charge in [-0.1, -0.05) is 25.4 Å². The lowest BCUT2D eigenvalue weighted by molar-refractivity contribution is 0.316. The van der Waals surface area contributed by atoms with Crippen molar-refractivity contribution in [2.24, 2.45) is 0 Å². The van der Waals surface area contributed by atoms with E-state index >= 15 is 0 Å². The fourth-order valence-electron chi connectivity index (χ4n) is 1.93. The van der Waals surface area contributed by atoms with Crippen molar-refractivity contribution in [3.8, 4) is 0 Å². The summed E-state index contributed by atoms with van der Waals surface area (Å²) in [7, 11) is 3.91. The number of rotatable bonds is 9. The summed E-state index contributed by atoms with van der Waals surface area (Å²) in [6.07, 6.45) is 1.63. The van der Waals surface area contributed by atoms with E-state index in [0.717, 1.165) is 32.7 Å². The number of hydrogen-bond acceptors (Lipinski definition) is 5. The first kappa shape index (κ1) is 17.9. The predicted molar refractivity (Wildman–Crippen MR) is 88.3 cm³/mol. The molecule has 6 nitrogen and oxygen atoms in total. The molecule has 21 heavy (non-hydrogen) atoms. The lowest BCUT2D eigenvalue weighted by Gasteiger charge is -2.18. The van der Waals surface area contributed by atoms with Gasteiger partial charge in [-0.15, -0.1) is 0 Å². The standard InChI is InChI=1S/C14H26ClN5O/c1-5-19(6-2)8-7-16-12-11-17-20(10-9-18(3)4)14(21)13(12)15/h11,16H,5-10H2,1-4H3. The Morgan fingerprint density at radius 1 is 1.29 bits per heavy atom. The average molecular weight is 316 g/mol. The van der Waals surface area contributed by atoms with Gasteiger partial charge in [-0.2, -0.15) is 5.10 Å². The second-order valence-electron chi connectivity index (χ2n) is 5.16. The van der Waals surface area contributed by atoms with E-state index in [-0.39, 0.29) is 10.6 Å². The topological polar surface area (TPSA) is 53.4 Å². The van der Waals surface area contributed by atoms with Crippen LogP contribution in [-0.4, -0.2) is 66.4 Å². The first-order chi connectivity index (χ1) is 9.99. The van der Waals surface area contributed by atoms with E-state index in [2.05, 4.69) is 29.2 Å². The van der Waals surface area contributed by atoms with Crippen LogP contribution in [0, 0.1) is 0 Å². The maximum Gasteiger partial charge on any atom is 0.287 e. The quantitative estimate of drug-likeness (QED) is 0.742. The van der Waals surface area contributed by atoms with Crippen molar-refractivity contribution in [1.82, 2.24) is 19.6 Å². The fourth-order valence-corrected chi connectivity index (χ4v) is 2.14. The Bertz CT molecular complexity index is 485.